The Kier molecular flexibility index (Phi) is 4.25. The van der Waals surface area contributed by atoms with Crippen molar-refractivity contribution in [2.75, 3.05) is 6.61 Å². The van der Waals surface area contributed by atoms with Crippen LogP contribution in [0.5, 0.6) is 5.75 Å². The summed E-state index contributed by atoms with van der Waals surface area (Å²) < 4.78 is 5.20. The maximum absolute atomic E-state index is 10.6. The number of halogens is 1. The van der Waals surface area contributed by atoms with Crippen LogP contribution in [0.3, 0.4) is 0 Å². The molecule has 0 aliphatic rings. The van der Waals surface area contributed by atoms with Gasteiger partial charge in [-0.2, -0.15) is 0 Å². The lowest BCUT2D eigenvalue weighted by atomic mass is 10.3. The van der Waals surface area contributed by atoms with Gasteiger partial charge < -0.3 is 4.74 Å². The molecule has 0 saturated carbocycles. The van der Waals surface area contributed by atoms with E-state index >= 15 is 0 Å². The topological polar surface area (TPSA) is 69.4 Å². The molecule has 1 aromatic carbocycles. The molecule has 0 aliphatic heterocycles. The smallest absolute Gasteiger partial charge is 0.288 e. The second kappa shape index (κ2) is 5.46. The third kappa shape index (κ3) is 3.51. The molecule has 0 spiro atoms. The van der Waals surface area contributed by atoms with Crippen molar-refractivity contribution < 1.29 is 14.5 Å². The fourth-order valence-corrected chi connectivity index (χ4v) is 1.28. The number of carbonyl (C=O) groups is 1. The molecule has 0 fully saturated rings. The molecule has 0 atom stereocenters. The van der Waals surface area contributed by atoms with E-state index < -0.39 is 4.92 Å². The molecule has 0 aromatic heterocycles. The minimum absolute atomic E-state index is 0.0188. The van der Waals surface area contributed by atoms with E-state index in [1.165, 1.54) is 25.1 Å². The van der Waals surface area contributed by atoms with Crippen LogP contribution in [0, 0.1) is 10.1 Å². The number of hydrogen-bond donors (Lipinski definition) is 0. The number of benzene rings is 1. The van der Waals surface area contributed by atoms with E-state index in [1.807, 2.05) is 0 Å². The third-order valence-electron chi connectivity index (χ3n) is 1.84. The highest BCUT2D eigenvalue weighted by molar-refractivity contribution is 6.32. The van der Waals surface area contributed by atoms with E-state index in [0.717, 1.165) is 0 Å². The van der Waals surface area contributed by atoms with E-state index in [2.05, 4.69) is 0 Å². The van der Waals surface area contributed by atoms with E-state index in [0.29, 0.717) is 12.2 Å². The van der Waals surface area contributed by atoms with Gasteiger partial charge in [-0.05, 0) is 13.0 Å². The van der Waals surface area contributed by atoms with Gasteiger partial charge in [0.1, 0.15) is 16.6 Å². The standard InChI is InChI=1S/C10H10ClNO4/c1-7(13)4-5-16-8-2-3-10(12(14)15)9(11)6-8/h2-3,6H,4-5H2,1H3. The Balaban J connectivity index is 2.66. The molecule has 0 aliphatic carbocycles. The van der Waals surface area contributed by atoms with Crippen LogP contribution in [-0.4, -0.2) is 17.3 Å². The highest BCUT2D eigenvalue weighted by atomic mass is 35.5. The van der Waals surface area contributed by atoms with Crippen molar-refractivity contribution in [3.05, 3.63) is 33.3 Å². The van der Waals surface area contributed by atoms with E-state index in [4.69, 9.17) is 16.3 Å². The Hall–Kier alpha value is -1.62. The maximum atomic E-state index is 10.6. The second-order valence-electron chi connectivity index (χ2n) is 3.17. The number of hydrogen-bond acceptors (Lipinski definition) is 4. The van der Waals surface area contributed by atoms with Gasteiger partial charge in [0.05, 0.1) is 11.5 Å². The predicted octanol–water partition coefficient (Wildman–Crippen LogP) is 2.61. The van der Waals surface area contributed by atoms with Gasteiger partial charge in [-0.1, -0.05) is 11.6 Å². The molecule has 0 heterocycles. The summed E-state index contributed by atoms with van der Waals surface area (Å²) in [6, 6.07) is 4.08. The van der Waals surface area contributed by atoms with Crippen LogP contribution in [0.4, 0.5) is 5.69 Å². The largest absolute Gasteiger partial charge is 0.493 e. The summed E-state index contributed by atoms with van der Waals surface area (Å²) >= 11 is 5.68. The van der Waals surface area contributed by atoms with Gasteiger partial charge in [-0.3, -0.25) is 14.9 Å². The minimum atomic E-state index is -0.568. The fourth-order valence-electron chi connectivity index (χ4n) is 1.04. The van der Waals surface area contributed by atoms with Gasteiger partial charge in [0, 0.05) is 18.6 Å². The van der Waals surface area contributed by atoms with Crippen LogP contribution in [0.1, 0.15) is 13.3 Å². The number of ether oxygens (including phenoxy) is 1. The number of rotatable bonds is 5. The van der Waals surface area contributed by atoms with Crippen molar-refractivity contribution in [3.63, 3.8) is 0 Å². The molecule has 6 heteroatoms. The average Bonchev–Trinajstić information content (AvgIpc) is 2.16. The molecule has 0 radical (unpaired) electrons. The number of nitro groups is 1. The number of carbonyl (C=O) groups excluding carboxylic acids is 1. The third-order valence-corrected chi connectivity index (χ3v) is 2.14. The lowest BCUT2D eigenvalue weighted by Gasteiger charge is -2.04. The Bertz CT molecular complexity index is 419. The highest BCUT2D eigenvalue weighted by Crippen LogP contribution is 2.28. The summed E-state index contributed by atoms with van der Waals surface area (Å²) in [4.78, 5) is 20.6. The zero-order valence-electron chi connectivity index (χ0n) is 8.60. The van der Waals surface area contributed by atoms with Crippen LogP contribution in [0.15, 0.2) is 18.2 Å². The summed E-state index contributed by atoms with van der Waals surface area (Å²) in [5.74, 6) is 0.435. The molecule has 0 amide bonds. The molecule has 86 valence electrons. The molecule has 5 nitrogen and oxygen atoms in total. The Morgan fingerprint density at radius 2 is 2.25 bits per heavy atom. The van der Waals surface area contributed by atoms with Crippen molar-refractivity contribution in [2.45, 2.75) is 13.3 Å². The molecule has 0 bridgehead atoms. The van der Waals surface area contributed by atoms with Crippen LogP contribution in [0.25, 0.3) is 0 Å². The number of nitrogens with zero attached hydrogens (tertiary/aromatic N) is 1. The first-order valence-corrected chi connectivity index (χ1v) is 4.94. The number of nitro benzene ring substituents is 1. The molecule has 0 saturated heterocycles. The summed E-state index contributed by atoms with van der Waals surface area (Å²) in [6.07, 6.45) is 0.300. The molecule has 0 unspecified atom stereocenters. The monoisotopic (exact) mass is 243 g/mol. The summed E-state index contributed by atoms with van der Waals surface area (Å²) in [6.45, 7) is 1.70. The van der Waals surface area contributed by atoms with Gasteiger partial charge >= 0.3 is 0 Å². The van der Waals surface area contributed by atoms with Crippen LogP contribution in [-0.2, 0) is 4.79 Å². The molecular formula is C10H10ClNO4. The normalized spacial score (nSPS) is 9.88. The lowest BCUT2D eigenvalue weighted by Crippen LogP contribution is -2.02. The fraction of sp³-hybridized carbons (Fsp3) is 0.300. The van der Waals surface area contributed by atoms with Crippen molar-refractivity contribution in [2.24, 2.45) is 0 Å². The summed E-state index contributed by atoms with van der Waals surface area (Å²) in [5.41, 5.74) is -0.166. The quantitative estimate of drug-likeness (QED) is 0.589. The Labute approximate surface area is 97.1 Å². The van der Waals surface area contributed by atoms with Crippen molar-refractivity contribution in [3.8, 4) is 5.75 Å². The van der Waals surface area contributed by atoms with Gasteiger partial charge in [0.25, 0.3) is 5.69 Å². The van der Waals surface area contributed by atoms with Gasteiger partial charge in [-0.15, -0.1) is 0 Å². The number of Topliss-reactive ketones (excluding diaryl/α,β-unsaturated/α-hetero) is 1. The maximum Gasteiger partial charge on any atom is 0.288 e. The minimum Gasteiger partial charge on any atom is -0.493 e. The molecular weight excluding hydrogens is 234 g/mol. The van der Waals surface area contributed by atoms with Gasteiger partial charge in [0.2, 0.25) is 0 Å². The predicted molar refractivity (Wildman–Crippen MR) is 58.9 cm³/mol. The zero-order valence-corrected chi connectivity index (χ0v) is 9.36. The lowest BCUT2D eigenvalue weighted by molar-refractivity contribution is -0.384. The Morgan fingerprint density at radius 1 is 1.56 bits per heavy atom. The van der Waals surface area contributed by atoms with Gasteiger partial charge in [-0.25, -0.2) is 0 Å². The molecule has 1 rings (SSSR count). The van der Waals surface area contributed by atoms with Crippen molar-refractivity contribution >= 4 is 23.1 Å². The molecule has 1 aromatic rings. The van der Waals surface area contributed by atoms with Crippen molar-refractivity contribution in [1.29, 1.82) is 0 Å². The summed E-state index contributed by atoms with van der Waals surface area (Å²) in [5, 5.41) is 10.5. The molecule has 16 heavy (non-hydrogen) atoms. The van der Waals surface area contributed by atoms with E-state index in [9.17, 15) is 14.9 Å². The number of ketones is 1. The van der Waals surface area contributed by atoms with Gasteiger partial charge in [0.15, 0.2) is 0 Å². The second-order valence-corrected chi connectivity index (χ2v) is 3.58. The van der Waals surface area contributed by atoms with Crippen LogP contribution in [0.2, 0.25) is 5.02 Å². The van der Waals surface area contributed by atoms with E-state index in [1.54, 1.807) is 0 Å². The highest BCUT2D eigenvalue weighted by Gasteiger charge is 2.12. The van der Waals surface area contributed by atoms with Crippen molar-refractivity contribution in [1.82, 2.24) is 0 Å². The Morgan fingerprint density at radius 3 is 2.75 bits per heavy atom. The average molecular weight is 244 g/mol. The molecule has 0 N–H and O–H groups in total. The first-order valence-electron chi connectivity index (χ1n) is 4.57. The zero-order chi connectivity index (χ0) is 12.1. The van der Waals surface area contributed by atoms with E-state index in [-0.39, 0.29) is 23.1 Å². The first-order chi connectivity index (χ1) is 7.50. The van der Waals surface area contributed by atoms with Crippen LogP contribution >= 0.6 is 11.6 Å². The first kappa shape index (κ1) is 12.4. The summed E-state index contributed by atoms with van der Waals surface area (Å²) in [7, 11) is 0. The van der Waals surface area contributed by atoms with Crippen LogP contribution < -0.4 is 4.74 Å². The SMILES string of the molecule is CC(=O)CCOc1ccc([N+](=O)[O-])c(Cl)c1.